The van der Waals surface area contributed by atoms with Crippen molar-refractivity contribution in [1.82, 2.24) is 14.9 Å². The Balaban J connectivity index is 2.37. The zero-order valence-corrected chi connectivity index (χ0v) is 14.2. The summed E-state index contributed by atoms with van der Waals surface area (Å²) in [5, 5.41) is 2.89. The molecule has 1 aromatic carbocycles. The van der Waals surface area contributed by atoms with Crippen LogP contribution in [0.25, 0.3) is 0 Å². The number of amides is 1. The molecule has 0 radical (unpaired) electrons. The van der Waals surface area contributed by atoms with Crippen molar-refractivity contribution in [2.24, 2.45) is 0 Å². The third-order valence-electron chi connectivity index (χ3n) is 2.81. The molecule has 0 saturated carbocycles. The Hall–Kier alpha value is -1.47. The fourth-order valence-corrected chi connectivity index (χ4v) is 2.35. The third-order valence-corrected chi connectivity index (χ3v) is 3.69. The van der Waals surface area contributed by atoms with E-state index in [0.717, 1.165) is 16.8 Å². The number of alkyl halides is 3. The molecule has 1 atom stereocenters. The van der Waals surface area contributed by atoms with Crippen LogP contribution in [0.2, 0.25) is 5.02 Å². The van der Waals surface area contributed by atoms with Gasteiger partial charge >= 0.3 is 5.69 Å². The molecule has 2 aromatic rings. The van der Waals surface area contributed by atoms with Gasteiger partial charge in [0.1, 0.15) is 0 Å². The molecule has 0 aliphatic carbocycles. The standard InChI is InChI=1S/C13H9Cl4N3O3/c14-8-3-1-7(2-4-8)10(22)19-11(13(15,16)17)20-6-5-9(21)18-12(20)23/h1-6,11H,(H,19,22)(H,18,21,23)/t11-/m1/s1. The zero-order chi connectivity index (χ0) is 17.2. The van der Waals surface area contributed by atoms with Crippen LogP contribution in [-0.4, -0.2) is 19.3 Å². The van der Waals surface area contributed by atoms with Crippen molar-refractivity contribution in [2.75, 3.05) is 0 Å². The number of nitrogens with one attached hydrogen (secondary N) is 2. The second-order valence-corrected chi connectivity index (χ2v) is 7.25. The second-order valence-electron chi connectivity index (χ2n) is 4.44. The maximum atomic E-state index is 12.2. The number of hydrogen-bond acceptors (Lipinski definition) is 3. The van der Waals surface area contributed by atoms with Crippen LogP contribution < -0.4 is 16.6 Å². The van der Waals surface area contributed by atoms with E-state index in [1.165, 1.54) is 24.3 Å². The van der Waals surface area contributed by atoms with Crippen LogP contribution in [0.15, 0.2) is 46.1 Å². The Morgan fingerprint density at radius 2 is 1.74 bits per heavy atom. The van der Waals surface area contributed by atoms with Crippen LogP contribution in [0.5, 0.6) is 0 Å². The number of hydrogen-bond donors (Lipinski definition) is 2. The van der Waals surface area contributed by atoms with Gasteiger partial charge in [-0.15, -0.1) is 0 Å². The Labute approximate surface area is 149 Å². The predicted octanol–water partition coefficient (Wildman–Crippen LogP) is 2.49. The predicted molar refractivity (Wildman–Crippen MR) is 89.6 cm³/mol. The van der Waals surface area contributed by atoms with Gasteiger partial charge in [-0.25, -0.2) is 4.79 Å². The first-order valence-electron chi connectivity index (χ1n) is 6.13. The van der Waals surface area contributed by atoms with E-state index < -0.39 is 27.1 Å². The summed E-state index contributed by atoms with van der Waals surface area (Å²) in [7, 11) is 0. The van der Waals surface area contributed by atoms with Gasteiger partial charge in [0.15, 0.2) is 6.17 Å². The van der Waals surface area contributed by atoms with Crippen molar-refractivity contribution >= 4 is 52.3 Å². The van der Waals surface area contributed by atoms with Gasteiger partial charge in [-0.3, -0.25) is 19.1 Å². The molecule has 0 aliphatic heterocycles. The summed E-state index contributed by atoms with van der Waals surface area (Å²) in [6.45, 7) is 0. The number of H-pyrrole nitrogens is 1. The molecular formula is C13H9Cl4N3O3. The molecule has 10 heteroatoms. The maximum Gasteiger partial charge on any atom is 0.330 e. The molecule has 1 aromatic heterocycles. The highest BCUT2D eigenvalue weighted by molar-refractivity contribution is 6.67. The van der Waals surface area contributed by atoms with Gasteiger partial charge in [-0.05, 0) is 24.3 Å². The Morgan fingerprint density at radius 1 is 1.13 bits per heavy atom. The summed E-state index contributed by atoms with van der Waals surface area (Å²) in [6, 6.07) is 7.06. The molecule has 0 saturated heterocycles. The Morgan fingerprint density at radius 3 is 2.26 bits per heavy atom. The number of rotatable bonds is 3. The van der Waals surface area contributed by atoms with Crippen LogP contribution in [0.3, 0.4) is 0 Å². The average Bonchev–Trinajstić information content (AvgIpc) is 2.45. The first kappa shape index (κ1) is 17.9. The number of nitrogens with zero attached hydrogens (tertiary/aromatic N) is 1. The van der Waals surface area contributed by atoms with Crippen molar-refractivity contribution in [3.63, 3.8) is 0 Å². The summed E-state index contributed by atoms with van der Waals surface area (Å²) in [5.41, 5.74) is -1.19. The van der Waals surface area contributed by atoms with Gasteiger partial charge in [0.25, 0.3) is 11.5 Å². The first-order valence-corrected chi connectivity index (χ1v) is 7.64. The van der Waals surface area contributed by atoms with Gasteiger partial charge in [-0.1, -0.05) is 46.4 Å². The lowest BCUT2D eigenvalue weighted by Crippen LogP contribution is -2.46. The molecule has 2 rings (SSSR count). The SMILES string of the molecule is O=C(N[C@H](n1ccc(=O)[nH]c1=O)C(Cl)(Cl)Cl)c1ccc(Cl)cc1. The fraction of sp³-hybridized carbons (Fsp3) is 0.154. The van der Waals surface area contributed by atoms with Gasteiger partial charge in [-0.2, -0.15) is 0 Å². The molecule has 0 unspecified atom stereocenters. The fourth-order valence-electron chi connectivity index (χ4n) is 1.75. The highest BCUT2D eigenvalue weighted by Gasteiger charge is 2.36. The van der Waals surface area contributed by atoms with E-state index in [9.17, 15) is 14.4 Å². The Bertz CT molecular complexity index is 824. The monoisotopic (exact) mass is 395 g/mol. The van der Waals surface area contributed by atoms with Crippen LogP contribution in [0, 0.1) is 0 Å². The number of halogens is 4. The van der Waals surface area contributed by atoms with E-state index in [-0.39, 0.29) is 5.56 Å². The number of carbonyl (C=O) groups excluding carboxylic acids is 1. The molecule has 122 valence electrons. The Kier molecular flexibility index (Phi) is 5.41. The smallest absolute Gasteiger partial charge is 0.328 e. The normalized spacial score (nSPS) is 12.7. The van der Waals surface area contributed by atoms with Crippen LogP contribution in [0.1, 0.15) is 16.5 Å². The van der Waals surface area contributed by atoms with Crippen molar-refractivity contribution in [2.45, 2.75) is 9.96 Å². The molecule has 2 N–H and O–H groups in total. The summed E-state index contributed by atoms with van der Waals surface area (Å²) in [5.74, 6) is -0.587. The zero-order valence-electron chi connectivity index (χ0n) is 11.2. The quantitative estimate of drug-likeness (QED) is 0.781. The largest absolute Gasteiger partial charge is 0.330 e. The molecule has 0 spiro atoms. The molecule has 0 aliphatic rings. The number of aromatic amines is 1. The van der Waals surface area contributed by atoms with Gasteiger partial charge < -0.3 is 5.32 Å². The minimum absolute atomic E-state index is 0.256. The lowest BCUT2D eigenvalue weighted by atomic mass is 10.2. The van der Waals surface area contributed by atoms with Crippen molar-refractivity contribution in [3.8, 4) is 0 Å². The molecule has 6 nitrogen and oxygen atoms in total. The number of aromatic nitrogens is 2. The van der Waals surface area contributed by atoms with E-state index in [1.54, 1.807) is 0 Å². The summed E-state index contributed by atoms with van der Waals surface area (Å²) >= 11 is 23.3. The molecule has 1 amide bonds. The average molecular weight is 397 g/mol. The molecule has 0 fully saturated rings. The lowest BCUT2D eigenvalue weighted by molar-refractivity contribution is 0.0919. The van der Waals surface area contributed by atoms with Gasteiger partial charge in [0, 0.05) is 22.8 Å². The number of carbonyl (C=O) groups is 1. The highest BCUT2D eigenvalue weighted by atomic mass is 35.6. The minimum Gasteiger partial charge on any atom is -0.328 e. The van der Waals surface area contributed by atoms with Crippen molar-refractivity contribution in [3.05, 3.63) is 68.0 Å². The minimum atomic E-state index is -2.04. The highest BCUT2D eigenvalue weighted by Crippen LogP contribution is 2.36. The topological polar surface area (TPSA) is 84.0 Å². The lowest BCUT2D eigenvalue weighted by Gasteiger charge is -2.27. The van der Waals surface area contributed by atoms with E-state index in [1.807, 2.05) is 4.98 Å². The third kappa shape index (κ3) is 4.51. The summed E-state index contributed by atoms with van der Waals surface area (Å²) in [6.07, 6.45) is -0.212. The van der Waals surface area contributed by atoms with Gasteiger partial charge in [0.2, 0.25) is 3.79 Å². The summed E-state index contributed by atoms with van der Waals surface area (Å²) < 4.78 is -1.13. The molecule has 23 heavy (non-hydrogen) atoms. The second kappa shape index (κ2) is 6.97. The molecular weight excluding hydrogens is 388 g/mol. The molecule has 1 heterocycles. The number of benzene rings is 1. The summed E-state index contributed by atoms with van der Waals surface area (Å²) in [4.78, 5) is 37.2. The maximum absolute atomic E-state index is 12.2. The van der Waals surface area contributed by atoms with E-state index in [2.05, 4.69) is 5.32 Å². The van der Waals surface area contributed by atoms with E-state index in [4.69, 9.17) is 46.4 Å². The van der Waals surface area contributed by atoms with E-state index in [0.29, 0.717) is 5.02 Å². The first-order chi connectivity index (χ1) is 10.7. The van der Waals surface area contributed by atoms with Crippen molar-refractivity contribution in [1.29, 1.82) is 0 Å². The van der Waals surface area contributed by atoms with E-state index >= 15 is 0 Å². The van der Waals surface area contributed by atoms with Crippen LogP contribution >= 0.6 is 46.4 Å². The van der Waals surface area contributed by atoms with Crippen LogP contribution in [-0.2, 0) is 0 Å². The van der Waals surface area contributed by atoms with Gasteiger partial charge in [0.05, 0.1) is 0 Å². The molecule has 0 bridgehead atoms. The van der Waals surface area contributed by atoms with Crippen LogP contribution in [0.4, 0.5) is 0 Å². The van der Waals surface area contributed by atoms with Crippen molar-refractivity contribution < 1.29 is 4.79 Å².